The van der Waals surface area contributed by atoms with E-state index in [4.69, 9.17) is 4.74 Å². The van der Waals surface area contributed by atoms with Crippen molar-refractivity contribution in [2.24, 2.45) is 5.92 Å². The molecule has 1 saturated heterocycles. The van der Waals surface area contributed by atoms with Gasteiger partial charge in [0.25, 0.3) is 0 Å². The molecule has 4 heteroatoms. The van der Waals surface area contributed by atoms with Crippen molar-refractivity contribution in [3.8, 4) is 5.75 Å². The number of ether oxygens (including phenoxy) is 1. The summed E-state index contributed by atoms with van der Waals surface area (Å²) < 4.78 is 5.75. The van der Waals surface area contributed by atoms with Gasteiger partial charge in [-0.05, 0) is 30.9 Å². The van der Waals surface area contributed by atoms with Crippen LogP contribution in [0.25, 0.3) is 0 Å². The number of amides is 1. The van der Waals surface area contributed by atoms with Crippen LogP contribution in [0.4, 0.5) is 5.69 Å². The van der Waals surface area contributed by atoms with Gasteiger partial charge in [0.15, 0.2) is 0 Å². The van der Waals surface area contributed by atoms with Gasteiger partial charge in [0.2, 0.25) is 5.91 Å². The van der Waals surface area contributed by atoms with Crippen molar-refractivity contribution in [2.75, 3.05) is 25.0 Å². The largest absolute Gasteiger partial charge is 0.493 e. The van der Waals surface area contributed by atoms with Gasteiger partial charge in [0.1, 0.15) is 5.75 Å². The van der Waals surface area contributed by atoms with Crippen LogP contribution in [-0.2, 0) is 4.79 Å². The molecule has 2 rings (SSSR count). The Labute approximate surface area is 127 Å². The summed E-state index contributed by atoms with van der Waals surface area (Å²) in [5, 5.41) is 3.55. The maximum absolute atomic E-state index is 11.3. The summed E-state index contributed by atoms with van der Waals surface area (Å²) in [5.41, 5.74) is 1.09. The molecule has 1 amide bonds. The average Bonchev–Trinajstić information content (AvgIpc) is 2.46. The van der Waals surface area contributed by atoms with E-state index >= 15 is 0 Å². The molecule has 0 atom stereocenters. The first kappa shape index (κ1) is 15.7. The number of carbonyl (C=O) groups excluding carboxylic acids is 1. The number of likely N-dealkylation sites (tertiary alicyclic amines) is 1. The molecule has 0 aromatic heterocycles. The Morgan fingerprint density at radius 3 is 2.71 bits per heavy atom. The lowest BCUT2D eigenvalue weighted by molar-refractivity contribution is -0.129. The number of rotatable bonds is 5. The number of carbonyl (C=O) groups is 1. The van der Waals surface area contributed by atoms with Gasteiger partial charge in [0.05, 0.1) is 6.61 Å². The molecule has 1 aliphatic rings. The second kappa shape index (κ2) is 7.34. The molecule has 1 fully saturated rings. The fraction of sp³-hybridized carbons (Fsp3) is 0.588. The molecule has 4 nitrogen and oxygen atoms in total. The van der Waals surface area contributed by atoms with E-state index in [1.165, 1.54) is 0 Å². The summed E-state index contributed by atoms with van der Waals surface area (Å²) in [6, 6.07) is 8.56. The van der Waals surface area contributed by atoms with Crippen molar-refractivity contribution >= 4 is 11.6 Å². The minimum atomic E-state index is 0.178. The number of nitrogens with one attached hydrogen (secondary N) is 1. The molecular formula is C17H26N2O2. The molecule has 0 bridgehead atoms. The van der Waals surface area contributed by atoms with Crippen LogP contribution in [0.5, 0.6) is 5.75 Å². The third-order valence-corrected chi connectivity index (χ3v) is 3.73. The maximum Gasteiger partial charge on any atom is 0.219 e. The highest BCUT2D eigenvalue weighted by atomic mass is 16.5. The third-order valence-electron chi connectivity index (χ3n) is 3.73. The highest BCUT2D eigenvalue weighted by Gasteiger charge is 2.20. The second-order valence-electron chi connectivity index (χ2n) is 6.16. The topological polar surface area (TPSA) is 41.6 Å². The minimum Gasteiger partial charge on any atom is -0.493 e. The van der Waals surface area contributed by atoms with Gasteiger partial charge in [-0.15, -0.1) is 0 Å². The number of nitrogens with zero attached hydrogens (tertiary/aromatic N) is 1. The van der Waals surface area contributed by atoms with Gasteiger partial charge in [-0.2, -0.15) is 0 Å². The standard InChI is InChI=1S/C17H26N2O2/c1-13(2)12-21-17-6-4-5-16(11-17)18-15-7-9-19(10-8-15)14(3)20/h4-6,11,13,15,18H,7-10,12H2,1-3H3. The summed E-state index contributed by atoms with van der Waals surface area (Å²) in [6.45, 7) is 8.35. The number of hydrogen-bond acceptors (Lipinski definition) is 3. The fourth-order valence-electron chi connectivity index (χ4n) is 2.51. The predicted molar refractivity (Wildman–Crippen MR) is 85.7 cm³/mol. The Morgan fingerprint density at radius 2 is 2.10 bits per heavy atom. The zero-order valence-electron chi connectivity index (χ0n) is 13.3. The first-order valence-electron chi connectivity index (χ1n) is 7.79. The highest BCUT2D eigenvalue weighted by Crippen LogP contribution is 2.21. The summed E-state index contributed by atoms with van der Waals surface area (Å²) >= 11 is 0. The van der Waals surface area contributed by atoms with Gasteiger partial charge >= 0.3 is 0 Å². The van der Waals surface area contributed by atoms with E-state index in [2.05, 4.69) is 31.3 Å². The van der Waals surface area contributed by atoms with E-state index in [1.807, 2.05) is 17.0 Å². The summed E-state index contributed by atoms with van der Waals surface area (Å²) in [4.78, 5) is 13.2. The molecule has 0 saturated carbocycles. The first-order valence-corrected chi connectivity index (χ1v) is 7.79. The van der Waals surface area contributed by atoms with Gasteiger partial charge in [0, 0.05) is 37.8 Å². The minimum absolute atomic E-state index is 0.178. The van der Waals surface area contributed by atoms with Crippen LogP contribution < -0.4 is 10.1 Å². The molecule has 0 unspecified atom stereocenters. The van der Waals surface area contributed by atoms with Crippen LogP contribution in [0.1, 0.15) is 33.6 Å². The predicted octanol–water partition coefficient (Wildman–Crippen LogP) is 3.14. The van der Waals surface area contributed by atoms with Gasteiger partial charge in [-0.25, -0.2) is 0 Å². The lowest BCUT2D eigenvalue weighted by Crippen LogP contribution is -2.41. The molecule has 1 aromatic carbocycles. The number of benzene rings is 1. The summed E-state index contributed by atoms with van der Waals surface area (Å²) in [6.07, 6.45) is 1.99. The van der Waals surface area contributed by atoms with E-state index in [1.54, 1.807) is 6.92 Å². The lowest BCUT2D eigenvalue weighted by Gasteiger charge is -2.32. The molecule has 1 heterocycles. The van der Waals surface area contributed by atoms with Crippen molar-refractivity contribution in [1.29, 1.82) is 0 Å². The molecule has 0 spiro atoms. The Kier molecular flexibility index (Phi) is 5.48. The van der Waals surface area contributed by atoms with Crippen molar-refractivity contribution in [1.82, 2.24) is 4.90 Å². The first-order chi connectivity index (χ1) is 10.0. The normalized spacial score (nSPS) is 16.1. The molecule has 1 N–H and O–H groups in total. The molecule has 0 aliphatic carbocycles. The van der Waals surface area contributed by atoms with Crippen LogP contribution in [0.2, 0.25) is 0 Å². The summed E-state index contributed by atoms with van der Waals surface area (Å²) in [5.74, 6) is 1.62. The summed E-state index contributed by atoms with van der Waals surface area (Å²) in [7, 11) is 0. The van der Waals surface area contributed by atoms with Gasteiger partial charge < -0.3 is 15.0 Å². The van der Waals surface area contributed by atoms with Crippen LogP contribution in [0.3, 0.4) is 0 Å². The van der Waals surface area contributed by atoms with Crippen LogP contribution in [0, 0.1) is 5.92 Å². The third kappa shape index (κ3) is 4.96. The van der Waals surface area contributed by atoms with E-state index < -0.39 is 0 Å². The van der Waals surface area contributed by atoms with E-state index in [9.17, 15) is 4.79 Å². The maximum atomic E-state index is 11.3. The Hall–Kier alpha value is -1.71. The fourth-order valence-corrected chi connectivity index (χ4v) is 2.51. The SMILES string of the molecule is CC(=O)N1CCC(Nc2cccc(OCC(C)C)c2)CC1. The number of piperidine rings is 1. The Bertz CT molecular complexity index is 466. The van der Waals surface area contributed by atoms with Gasteiger partial charge in [-0.3, -0.25) is 4.79 Å². The quantitative estimate of drug-likeness (QED) is 0.906. The van der Waals surface area contributed by atoms with Crippen molar-refractivity contribution in [3.05, 3.63) is 24.3 Å². The van der Waals surface area contributed by atoms with E-state index in [0.717, 1.165) is 44.0 Å². The molecular weight excluding hydrogens is 264 g/mol. The zero-order chi connectivity index (χ0) is 15.2. The molecule has 0 radical (unpaired) electrons. The number of hydrogen-bond donors (Lipinski definition) is 1. The van der Waals surface area contributed by atoms with Crippen molar-refractivity contribution < 1.29 is 9.53 Å². The Morgan fingerprint density at radius 1 is 1.38 bits per heavy atom. The van der Waals surface area contributed by atoms with Gasteiger partial charge in [-0.1, -0.05) is 19.9 Å². The smallest absolute Gasteiger partial charge is 0.219 e. The zero-order valence-corrected chi connectivity index (χ0v) is 13.3. The average molecular weight is 290 g/mol. The Balaban J connectivity index is 1.86. The monoisotopic (exact) mass is 290 g/mol. The van der Waals surface area contributed by atoms with E-state index in [-0.39, 0.29) is 5.91 Å². The second-order valence-corrected chi connectivity index (χ2v) is 6.16. The number of anilines is 1. The highest BCUT2D eigenvalue weighted by molar-refractivity contribution is 5.73. The van der Waals surface area contributed by atoms with E-state index in [0.29, 0.717) is 12.0 Å². The van der Waals surface area contributed by atoms with Crippen LogP contribution in [0.15, 0.2) is 24.3 Å². The van der Waals surface area contributed by atoms with Crippen molar-refractivity contribution in [2.45, 2.75) is 39.7 Å². The molecule has 116 valence electrons. The van der Waals surface area contributed by atoms with Crippen LogP contribution in [-0.4, -0.2) is 36.5 Å². The van der Waals surface area contributed by atoms with Crippen LogP contribution >= 0.6 is 0 Å². The molecule has 1 aromatic rings. The van der Waals surface area contributed by atoms with Crippen molar-refractivity contribution in [3.63, 3.8) is 0 Å². The lowest BCUT2D eigenvalue weighted by atomic mass is 10.0. The molecule has 1 aliphatic heterocycles. The molecule has 21 heavy (non-hydrogen) atoms.